The van der Waals surface area contributed by atoms with Crippen molar-refractivity contribution in [2.45, 2.75) is 309 Å². The van der Waals surface area contributed by atoms with E-state index in [0.29, 0.717) is 19.3 Å². The minimum absolute atomic E-state index is 0.0830. The second-order valence-corrected chi connectivity index (χ2v) is 19.6. The summed E-state index contributed by atoms with van der Waals surface area (Å²) < 4.78 is 16.8. The van der Waals surface area contributed by atoms with E-state index in [0.717, 1.165) is 83.5 Å². The number of carbonyl (C=O) groups excluding carboxylic acids is 3. The predicted molar refractivity (Wildman–Crippen MR) is 289 cm³/mol. The van der Waals surface area contributed by atoms with Gasteiger partial charge in [0.1, 0.15) is 13.2 Å². The quantitative estimate of drug-likeness (QED) is 0.0199. The third-order valence-electron chi connectivity index (χ3n) is 12.8. The standard InChI is InChI=1S/C61H110O6/c1-4-7-10-13-16-19-22-25-27-29-31-33-34-36-39-42-45-48-51-54-60(63)66-57-58(56-65-59(62)53-50-47-44-41-38-24-21-18-15-12-9-6-3)67-61(64)55-52-49-46-43-40-37-35-32-30-28-26-23-20-17-14-11-8-5-2/h18,21,28-32,35,58H,4-17,19-20,22-27,33-34,36-57H2,1-3H3/b21-18-,30-28-,31-29-,35-32-. The van der Waals surface area contributed by atoms with E-state index in [9.17, 15) is 14.4 Å². The molecule has 6 nitrogen and oxygen atoms in total. The Morgan fingerprint density at radius 2 is 0.537 bits per heavy atom. The summed E-state index contributed by atoms with van der Waals surface area (Å²) in [6.07, 6.45) is 68.2. The van der Waals surface area contributed by atoms with Gasteiger partial charge < -0.3 is 14.2 Å². The van der Waals surface area contributed by atoms with Gasteiger partial charge in [-0.05, 0) is 96.3 Å². The van der Waals surface area contributed by atoms with Crippen molar-refractivity contribution >= 4 is 17.9 Å². The van der Waals surface area contributed by atoms with Crippen molar-refractivity contribution < 1.29 is 28.6 Å². The number of esters is 3. The molecule has 67 heavy (non-hydrogen) atoms. The van der Waals surface area contributed by atoms with E-state index in [1.807, 2.05) is 0 Å². The zero-order valence-corrected chi connectivity index (χ0v) is 44.7. The summed E-state index contributed by atoms with van der Waals surface area (Å²) in [6, 6.07) is 0. The molecule has 0 aliphatic carbocycles. The van der Waals surface area contributed by atoms with Crippen LogP contribution in [0.2, 0.25) is 0 Å². The third kappa shape index (κ3) is 54.2. The van der Waals surface area contributed by atoms with Gasteiger partial charge in [0, 0.05) is 19.3 Å². The van der Waals surface area contributed by atoms with Crippen LogP contribution >= 0.6 is 0 Å². The van der Waals surface area contributed by atoms with Crippen LogP contribution in [0.1, 0.15) is 303 Å². The van der Waals surface area contributed by atoms with Crippen molar-refractivity contribution in [3.63, 3.8) is 0 Å². The molecule has 0 rings (SSSR count). The predicted octanol–water partition coefficient (Wildman–Crippen LogP) is 19.4. The molecule has 0 heterocycles. The summed E-state index contributed by atoms with van der Waals surface area (Å²) in [5.74, 6) is -0.899. The van der Waals surface area contributed by atoms with Crippen LogP contribution in [0.25, 0.3) is 0 Å². The maximum atomic E-state index is 12.8. The average molecular weight is 940 g/mol. The highest BCUT2D eigenvalue weighted by Gasteiger charge is 2.19. The second-order valence-electron chi connectivity index (χ2n) is 19.6. The molecule has 1 atom stereocenters. The highest BCUT2D eigenvalue weighted by Crippen LogP contribution is 2.15. The van der Waals surface area contributed by atoms with E-state index in [4.69, 9.17) is 14.2 Å². The first-order chi connectivity index (χ1) is 33.0. The third-order valence-corrected chi connectivity index (χ3v) is 12.8. The number of allylic oxidation sites excluding steroid dienone is 8. The molecule has 0 saturated carbocycles. The molecule has 0 aliphatic rings. The van der Waals surface area contributed by atoms with Crippen molar-refractivity contribution in [3.05, 3.63) is 48.6 Å². The second kappa shape index (κ2) is 56.0. The van der Waals surface area contributed by atoms with Crippen LogP contribution in [-0.2, 0) is 28.6 Å². The lowest BCUT2D eigenvalue weighted by atomic mass is 10.1. The van der Waals surface area contributed by atoms with Crippen LogP contribution in [0, 0.1) is 0 Å². The normalized spacial score (nSPS) is 12.3. The minimum Gasteiger partial charge on any atom is -0.462 e. The Morgan fingerprint density at radius 1 is 0.299 bits per heavy atom. The molecule has 0 spiro atoms. The molecule has 0 aromatic heterocycles. The van der Waals surface area contributed by atoms with Crippen molar-refractivity contribution in [2.24, 2.45) is 0 Å². The number of hydrogen-bond donors (Lipinski definition) is 0. The Bertz CT molecular complexity index is 1170. The van der Waals surface area contributed by atoms with E-state index in [1.165, 1.54) is 180 Å². The lowest BCUT2D eigenvalue weighted by Gasteiger charge is -2.18. The van der Waals surface area contributed by atoms with Crippen LogP contribution in [0.4, 0.5) is 0 Å². The van der Waals surface area contributed by atoms with Crippen molar-refractivity contribution in [1.82, 2.24) is 0 Å². The van der Waals surface area contributed by atoms with Gasteiger partial charge in [0.25, 0.3) is 0 Å². The van der Waals surface area contributed by atoms with Crippen LogP contribution in [0.3, 0.4) is 0 Å². The molecule has 6 heteroatoms. The smallest absolute Gasteiger partial charge is 0.306 e. The van der Waals surface area contributed by atoms with Crippen LogP contribution < -0.4 is 0 Å². The molecular formula is C61H110O6. The van der Waals surface area contributed by atoms with E-state index >= 15 is 0 Å². The summed E-state index contributed by atoms with van der Waals surface area (Å²) in [6.45, 7) is 6.62. The highest BCUT2D eigenvalue weighted by atomic mass is 16.6. The van der Waals surface area contributed by atoms with E-state index < -0.39 is 6.10 Å². The topological polar surface area (TPSA) is 78.9 Å². The number of rotatable bonds is 53. The van der Waals surface area contributed by atoms with Gasteiger partial charge in [-0.25, -0.2) is 0 Å². The molecule has 1 unspecified atom stereocenters. The monoisotopic (exact) mass is 939 g/mol. The number of ether oxygens (including phenoxy) is 3. The Kier molecular flexibility index (Phi) is 53.8. The van der Waals surface area contributed by atoms with Gasteiger partial charge in [-0.1, -0.05) is 236 Å². The van der Waals surface area contributed by atoms with E-state index in [2.05, 4.69) is 69.4 Å². The molecule has 0 N–H and O–H groups in total. The first-order valence-corrected chi connectivity index (χ1v) is 29.2. The molecule has 0 amide bonds. The maximum absolute atomic E-state index is 12.8. The fourth-order valence-corrected chi connectivity index (χ4v) is 8.36. The van der Waals surface area contributed by atoms with E-state index in [-0.39, 0.29) is 31.1 Å². The first-order valence-electron chi connectivity index (χ1n) is 29.2. The minimum atomic E-state index is -0.785. The molecule has 0 fully saturated rings. The van der Waals surface area contributed by atoms with Gasteiger partial charge in [0.15, 0.2) is 6.10 Å². The highest BCUT2D eigenvalue weighted by molar-refractivity contribution is 5.71. The lowest BCUT2D eigenvalue weighted by Crippen LogP contribution is -2.30. The molecule has 0 saturated heterocycles. The van der Waals surface area contributed by atoms with Gasteiger partial charge in [-0.15, -0.1) is 0 Å². The fourth-order valence-electron chi connectivity index (χ4n) is 8.36. The Hall–Kier alpha value is -2.63. The summed E-state index contributed by atoms with van der Waals surface area (Å²) in [5, 5.41) is 0. The zero-order valence-electron chi connectivity index (χ0n) is 44.7. The van der Waals surface area contributed by atoms with Gasteiger partial charge in [0.2, 0.25) is 0 Å². The van der Waals surface area contributed by atoms with E-state index in [1.54, 1.807) is 0 Å². The number of hydrogen-bond acceptors (Lipinski definition) is 6. The van der Waals surface area contributed by atoms with Crippen molar-refractivity contribution in [1.29, 1.82) is 0 Å². The molecule has 390 valence electrons. The summed E-state index contributed by atoms with van der Waals surface area (Å²) >= 11 is 0. The molecule has 0 aromatic rings. The van der Waals surface area contributed by atoms with Crippen LogP contribution in [0.15, 0.2) is 48.6 Å². The average Bonchev–Trinajstić information content (AvgIpc) is 3.33. The largest absolute Gasteiger partial charge is 0.462 e. The van der Waals surface area contributed by atoms with Gasteiger partial charge in [-0.2, -0.15) is 0 Å². The van der Waals surface area contributed by atoms with Crippen molar-refractivity contribution in [3.8, 4) is 0 Å². The summed E-state index contributed by atoms with van der Waals surface area (Å²) in [4.78, 5) is 38.1. The van der Waals surface area contributed by atoms with Crippen molar-refractivity contribution in [2.75, 3.05) is 13.2 Å². The SMILES string of the molecule is CCCCC/C=C\CCCCCCCC(=O)OCC(COC(=O)CCCCCCCCC/C=C\CCCCCCCCCC)OC(=O)CCCCCCC/C=C\C=C/CCCCCCCCC. The van der Waals surface area contributed by atoms with Crippen LogP contribution in [0.5, 0.6) is 0 Å². The van der Waals surface area contributed by atoms with Gasteiger partial charge in [-0.3, -0.25) is 14.4 Å². The summed E-state index contributed by atoms with van der Waals surface area (Å²) in [7, 11) is 0. The summed E-state index contributed by atoms with van der Waals surface area (Å²) in [5.41, 5.74) is 0. The fraction of sp³-hybridized carbons (Fsp3) is 0.820. The molecule has 0 aliphatic heterocycles. The molecule has 0 aromatic carbocycles. The molecular weight excluding hydrogens is 829 g/mol. The maximum Gasteiger partial charge on any atom is 0.306 e. The Balaban J connectivity index is 4.37. The first kappa shape index (κ1) is 64.4. The molecule has 0 bridgehead atoms. The number of unbranched alkanes of at least 4 members (excludes halogenated alkanes) is 35. The Morgan fingerprint density at radius 3 is 0.866 bits per heavy atom. The number of carbonyl (C=O) groups is 3. The Labute approximate surface area is 416 Å². The molecule has 0 radical (unpaired) electrons. The van der Waals surface area contributed by atoms with Gasteiger partial charge >= 0.3 is 17.9 Å². The zero-order chi connectivity index (χ0) is 48.6. The van der Waals surface area contributed by atoms with Gasteiger partial charge in [0.05, 0.1) is 0 Å². The lowest BCUT2D eigenvalue weighted by molar-refractivity contribution is -0.167. The van der Waals surface area contributed by atoms with Crippen LogP contribution in [-0.4, -0.2) is 37.2 Å².